The highest BCUT2D eigenvalue weighted by molar-refractivity contribution is 7.99. The van der Waals surface area contributed by atoms with Crippen LogP contribution in [0.5, 0.6) is 0 Å². The summed E-state index contributed by atoms with van der Waals surface area (Å²) < 4.78 is 0. The molecule has 1 fully saturated rings. The van der Waals surface area contributed by atoms with Crippen LogP contribution in [-0.4, -0.2) is 41.9 Å². The average molecular weight is 279 g/mol. The van der Waals surface area contributed by atoms with Gasteiger partial charge in [-0.05, 0) is 43.0 Å². The Labute approximate surface area is 118 Å². The first-order chi connectivity index (χ1) is 9.24. The molecule has 1 heterocycles. The van der Waals surface area contributed by atoms with Gasteiger partial charge in [-0.2, -0.15) is 11.8 Å². The Morgan fingerprint density at radius 2 is 2.05 bits per heavy atom. The van der Waals surface area contributed by atoms with Crippen LogP contribution in [0.4, 0.5) is 11.4 Å². The molecule has 3 N–H and O–H groups in total. The SMILES string of the molecule is Nc1ccc(NC(=O)CCN2CCCSCC2)cc1. The van der Waals surface area contributed by atoms with E-state index >= 15 is 0 Å². The number of hydrogen-bond acceptors (Lipinski definition) is 4. The molecule has 1 aliphatic rings. The van der Waals surface area contributed by atoms with Crippen LogP contribution in [0.3, 0.4) is 0 Å². The normalized spacial score (nSPS) is 16.8. The Hall–Kier alpha value is -1.20. The lowest BCUT2D eigenvalue weighted by Gasteiger charge is -2.18. The number of nitrogens with two attached hydrogens (primary N) is 1. The molecule has 5 heteroatoms. The van der Waals surface area contributed by atoms with Crippen LogP contribution in [0.15, 0.2) is 24.3 Å². The molecular formula is C14H21N3OS. The number of hydrogen-bond donors (Lipinski definition) is 2. The molecule has 1 saturated heterocycles. The smallest absolute Gasteiger partial charge is 0.225 e. The quantitative estimate of drug-likeness (QED) is 0.828. The third-order valence-electron chi connectivity index (χ3n) is 3.16. The zero-order valence-corrected chi connectivity index (χ0v) is 11.9. The van der Waals surface area contributed by atoms with E-state index in [0.29, 0.717) is 12.1 Å². The lowest BCUT2D eigenvalue weighted by Crippen LogP contribution is -2.29. The van der Waals surface area contributed by atoms with Gasteiger partial charge in [-0.3, -0.25) is 4.79 Å². The first kappa shape index (κ1) is 14.2. The van der Waals surface area contributed by atoms with E-state index in [1.54, 1.807) is 12.1 Å². The average Bonchev–Trinajstić information content (AvgIpc) is 2.68. The van der Waals surface area contributed by atoms with Gasteiger partial charge < -0.3 is 16.0 Å². The minimum Gasteiger partial charge on any atom is -0.399 e. The van der Waals surface area contributed by atoms with Gasteiger partial charge in [0.25, 0.3) is 0 Å². The van der Waals surface area contributed by atoms with Crippen LogP contribution < -0.4 is 11.1 Å². The minimum absolute atomic E-state index is 0.0710. The van der Waals surface area contributed by atoms with Crippen LogP contribution in [0.2, 0.25) is 0 Å². The third kappa shape index (κ3) is 5.12. The van der Waals surface area contributed by atoms with Crippen LogP contribution in [-0.2, 0) is 4.79 Å². The number of benzene rings is 1. The van der Waals surface area contributed by atoms with E-state index < -0.39 is 0 Å². The Morgan fingerprint density at radius 3 is 2.84 bits per heavy atom. The van der Waals surface area contributed by atoms with Crippen molar-refractivity contribution in [2.24, 2.45) is 0 Å². The van der Waals surface area contributed by atoms with Gasteiger partial charge in [-0.15, -0.1) is 0 Å². The Morgan fingerprint density at radius 1 is 1.26 bits per heavy atom. The van der Waals surface area contributed by atoms with Crippen LogP contribution in [0, 0.1) is 0 Å². The highest BCUT2D eigenvalue weighted by atomic mass is 32.2. The molecule has 0 unspecified atom stereocenters. The van der Waals surface area contributed by atoms with E-state index in [1.165, 1.54) is 17.9 Å². The van der Waals surface area contributed by atoms with E-state index in [0.717, 1.165) is 25.3 Å². The molecule has 0 aromatic heterocycles. The predicted octanol–water partition coefficient (Wildman–Crippen LogP) is 2.04. The van der Waals surface area contributed by atoms with Gasteiger partial charge in [0.05, 0.1) is 0 Å². The number of nitrogen functional groups attached to an aromatic ring is 1. The van der Waals surface area contributed by atoms with Crippen molar-refractivity contribution in [1.29, 1.82) is 0 Å². The second-order valence-electron chi connectivity index (χ2n) is 4.73. The number of rotatable bonds is 4. The molecule has 0 saturated carbocycles. The fourth-order valence-corrected chi connectivity index (χ4v) is 3.00. The van der Waals surface area contributed by atoms with Gasteiger partial charge >= 0.3 is 0 Å². The molecule has 1 aromatic rings. The summed E-state index contributed by atoms with van der Waals surface area (Å²) in [5.74, 6) is 2.50. The fourth-order valence-electron chi connectivity index (χ4n) is 2.07. The van der Waals surface area contributed by atoms with E-state index in [2.05, 4.69) is 10.2 Å². The van der Waals surface area contributed by atoms with E-state index in [1.807, 2.05) is 23.9 Å². The molecule has 104 valence electrons. The van der Waals surface area contributed by atoms with Gasteiger partial charge in [-0.1, -0.05) is 0 Å². The van der Waals surface area contributed by atoms with Crippen molar-refractivity contribution in [3.05, 3.63) is 24.3 Å². The topological polar surface area (TPSA) is 58.4 Å². The predicted molar refractivity (Wildman–Crippen MR) is 82.5 cm³/mol. The number of nitrogens with zero attached hydrogens (tertiary/aromatic N) is 1. The largest absolute Gasteiger partial charge is 0.399 e. The summed E-state index contributed by atoms with van der Waals surface area (Å²) in [6.45, 7) is 3.06. The van der Waals surface area contributed by atoms with Crippen molar-refractivity contribution >= 4 is 29.0 Å². The standard InChI is InChI=1S/C14H21N3OS/c15-12-2-4-13(5-3-12)16-14(18)6-8-17-7-1-10-19-11-9-17/h2-5H,1,6-11,15H2,(H,16,18). The second kappa shape index (κ2) is 7.40. The van der Waals surface area contributed by atoms with Crippen LogP contribution in [0.1, 0.15) is 12.8 Å². The summed E-state index contributed by atoms with van der Waals surface area (Å²) in [6, 6.07) is 7.24. The Balaban J connectivity index is 1.73. The maximum atomic E-state index is 11.9. The summed E-state index contributed by atoms with van der Waals surface area (Å²) >= 11 is 2.00. The van der Waals surface area contributed by atoms with Crippen LogP contribution >= 0.6 is 11.8 Å². The first-order valence-corrected chi connectivity index (χ1v) is 7.85. The molecular weight excluding hydrogens is 258 g/mol. The zero-order valence-electron chi connectivity index (χ0n) is 11.1. The molecule has 4 nitrogen and oxygen atoms in total. The van der Waals surface area contributed by atoms with E-state index in [-0.39, 0.29) is 5.91 Å². The zero-order chi connectivity index (χ0) is 13.5. The van der Waals surface area contributed by atoms with Crippen molar-refractivity contribution in [2.75, 3.05) is 42.2 Å². The third-order valence-corrected chi connectivity index (χ3v) is 4.21. The van der Waals surface area contributed by atoms with E-state index in [4.69, 9.17) is 5.73 Å². The maximum Gasteiger partial charge on any atom is 0.225 e. The lowest BCUT2D eigenvalue weighted by atomic mass is 10.2. The number of nitrogens with one attached hydrogen (secondary N) is 1. The van der Waals surface area contributed by atoms with Gasteiger partial charge in [0.15, 0.2) is 0 Å². The van der Waals surface area contributed by atoms with Gasteiger partial charge in [0, 0.05) is 36.6 Å². The van der Waals surface area contributed by atoms with E-state index in [9.17, 15) is 4.79 Å². The fraction of sp³-hybridized carbons (Fsp3) is 0.500. The highest BCUT2D eigenvalue weighted by Crippen LogP contribution is 2.12. The maximum absolute atomic E-state index is 11.9. The molecule has 0 bridgehead atoms. The van der Waals surface area contributed by atoms with Crippen LogP contribution in [0.25, 0.3) is 0 Å². The summed E-state index contributed by atoms with van der Waals surface area (Å²) in [5.41, 5.74) is 7.13. The molecule has 1 aromatic carbocycles. The van der Waals surface area contributed by atoms with Crippen molar-refractivity contribution in [1.82, 2.24) is 4.90 Å². The van der Waals surface area contributed by atoms with Gasteiger partial charge in [-0.25, -0.2) is 0 Å². The van der Waals surface area contributed by atoms with Crippen molar-refractivity contribution in [3.8, 4) is 0 Å². The molecule has 0 radical (unpaired) electrons. The second-order valence-corrected chi connectivity index (χ2v) is 5.95. The molecule has 0 aliphatic carbocycles. The Kier molecular flexibility index (Phi) is 5.54. The molecule has 1 amide bonds. The molecule has 0 atom stereocenters. The number of amides is 1. The van der Waals surface area contributed by atoms with Crippen molar-refractivity contribution in [3.63, 3.8) is 0 Å². The molecule has 19 heavy (non-hydrogen) atoms. The number of thioether (sulfide) groups is 1. The molecule has 2 rings (SSSR count). The monoisotopic (exact) mass is 279 g/mol. The summed E-state index contributed by atoms with van der Waals surface area (Å²) in [7, 11) is 0. The molecule has 1 aliphatic heterocycles. The highest BCUT2D eigenvalue weighted by Gasteiger charge is 2.11. The van der Waals surface area contributed by atoms with Crippen molar-refractivity contribution < 1.29 is 4.79 Å². The number of carbonyl (C=O) groups is 1. The summed E-state index contributed by atoms with van der Waals surface area (Å²) in [4.78, 5) is 14.2. The van der Waals surface area contributed by atoms with Crippen molar-refractivity contribution in [2.45, 2.75) is 12.8 Å². The summed E-state index contributed by atoms with van der Waals surface area (Å²) in [5, 5.41) is 2.90. The van der Waals surface area contributed by atoms with Gasteiger partial charge in [0.1, 0.15) is 0 Å². The minimum atomic E-state index is 0.0710. The summed E-state index contributed by atoms with van der Waals surface area (Å²) in [6.07, 6.45) is 1.78. The lowest BCUT2D eigenvalue weighted by molar-refractivity contribution is -0.116. The molecule has 0 spiro atoms. The van der Waals surface area contributed by atoms with Gasteiger partial charge in [0.2, 0.25) is 5.91 Å². The number of anilines is 2. The Bertz CT molecular complexity index is 400. The number of carbonyl (C=O) groups excluding carboxylic acids is 1. The first-order valence-electron chi connectivity index (χ1n) is 6.69.